The fourth-order valence-electron chi connectivity index (χ4n) is 2.09. The van der Waals surface area contributed by atoms with Crippen LogP contribution >= 0.6 is 0 Å². The Bertz CT molecular complexity index is 589. The van der Waals surface area contributed by atoms with Crippen LogP contribution in [0.5, 0.6) is 0 Å². The topological polar surface area (TPSA) is 74.8 Å². The molecule has 1 rings (SSSR count). The average Bonchev–Trinajstić information content (AvgIpc) is 2.58. The Labute approximate surface area is 151 Å². The monoisotopic (exact) mass is 374 g/mol. The van der Waals surface area contributed by atoms with E-state index >= 15 is 0 Å². The van der Waals surface area contributed by atoms with E-state index in [-0.39, 0.29) is 18.2 Å². The summed E-state index contributed by atoms with van der Waals surface area (Å²) in [6.07, 6.45) is -4.42. The number of amides is 1. The van der Waals surface area contributed by atoms with Crippen molar-refractivity contribution in [2.75, 3.05) is 33.4 Å². The number of nitrogens with one attached hydrogen (secondary N) is 3. The largest absolute Gasteiger partial charge is 0.416 e. The first-order chi connectivity index (χ1) is 12.3. The predicted molar refractivity (Wildman–Crippen MR) is 94.2 cm³/mol. The highest BCUT2D eigenvalue weighted by Gasteiger charge is 2.30. The summed E-state index contributed by atoms with van der Waals surface area (Å²) in [5, 5.41) is 8.86. The summed E-state index contributed by atoms with van der Waals surface area (Å²) < 4.78 is 42.6. The number of carbonyl (C=O) groups excluding carboxylic acids is 1. The zero-order chi connectivity index (χ0) is 19.6. The minimum absolute atomic E-state index is 0.0690. The maximum Gasteiger partial charge on any atom is 0.416 e. The Kier molecular flexibility index (Phi) is 8.91. The number of rotatable bonds is 8. The number of hydrogen-bond donors (Lipinski definition) is 3. The molecule has 0 aliphatic rings. The number of halogens is 3. The molecule has 1 atom stereocenters. The molecule has 1 amide bonds. The van der Waals surface area contributed by atoms with Crippen molar-refractivity contribution in [3.8, 4) is 0 Å². The van der Waals surface area contributed by atoms with Gasteiger partial charge in [0, 0.05) is 31.8 Å². The van der Waals surface area contributed by atoms with Crippen LogP contribution in [-0.2, 0) is 10.9 Å². The van der Waals surface area contributed by atoms with Crippen LogP contribution in [-0.4, -0.2) is 51.3 Å². The van der Waals surface area contributed by atoms with Crippen LogP contribution in [0.3, 0.4) is 0 Å². The van der Waals surface area contributed by atoms with E-state index in [0.29, 0.717) is 25.7 Å². The molecule has 0 aliphatic heterocycles. The van der Waals surface area contributed by atoms with Gasteiger partial charge in [0.25, 0.3) is 5.91 Å². The Morgan fingerprint density at radius 3 is 2.42 bits per heavy atom. The molecule has 0 aliphatic carbocycles. The van der Waals surface area contributed by atoms with Gasteiger partial charge in [0.2, 0.25) is 0 Å². The van der Waals surface area contributed by atoms with Gasteiger partial charge < -0.3 is 20.7 Å². The lowest BCUT2D eigenvalue weighted by Crippen LogP contribution is -2.44. The third-order valence-corrected chi connectivity index (χ3v) is 3.29. The summed E-state index contributed by atoms with van der Waals surface area (Å²) in [6, 6.07) is 4.15. The average molecular weight is 374 g/mol. The van der Waals surface area contributed by atoms with Crippen molar-refractivity contribution in [2.24, 2.45) is 4.99 Å². The molecule has 6 nitrogen and oxygen atoms in total. The molecule has 1 unspecified atom stereocenters. The number of carbonyl (C=O) groups is 1. The summed E-state index contributed by atoms with van der Waals surface area (Å²) in [6.45, 7) is 5.67. The first-order valence-corrected chi connectivity index (χ1v) is 8.27. The predicted octanol–water partition coefficient (Wildman–Crippen LogP) is 2.03. The number of aliphatic imine (C=N–C) groups is 1. The van der Waals surface area contributed by atoms with E-state index in [2.05, 4.69) is 20.9 Å². The molecule has 0 spiro atoms. The molecular weight excluding hydrogens is 349 g/mol. The highest BCUT2D eigenvalue weighted by atomic mass is 19.4. The highest BCUT2D eigenvalue weighted by Crippen LogP contribution is 2.28. The molecule has 0 saturated carbocycles. The molecule has 0 fully saturated rings. The lowest BCUT2D eigenvalue weighted by Gasteiger charge is -2.17. The molecule has 0 saturated heterocycles. The molecule has 1 aromatic carbocycles. The van der Waals surface area contributed by atoms with Gasteiger partial charge in [0.15, 0.2) is 5.96 Å². The first-order valence-electron chi connectivity index (χ1n) is 8.27. The number of alkyl halides is 3. The minimum atomic E-state index is -4.42. The smallest absolute Gasteiger partial charge is 0.383 e. The van der Waals surface area contributed by atoms with Gasteiger partial charge in [-0.1, -0.05) is 0 Å². The van der Waals surface area contributed by atoms with Gasteiger partial charge in [0.1, 0.15) is 0 Å². The molecule has 0 heterocycles. The van der Waals surface area contributed by atoms with Gasteiger partial charge in [-0.25, -0.2) is 0 Å². The van der Waals surface area contributed by atoms with E-state index in [1.165, 1.54) is 0 Å². The van der Waals surface area contributed by atoms with Crippen molar-refractivity contribution in [2.45, 2.75) is 26.1 Å². The van der Waals surface area contributed by atoms with Crippen molar-refractivity contribution >= 4 is 11.9 Å². The van der Waals surface area contributed by atoms with E-state index < -0.39 is 17.6 Å². The number of hydrogen-bond acceptors (Lipinski definition) is 3. The summed E-state index contributed by atoms with van der Waals surface area (Å²) in [5.74, 6) is 0.153. The van der Waals surface area contributed by atoms with Crippen LogP contribution in [0.2, 0.25) is 0 Å². The van der Waals surface area contributed by atoms with Gasteiger partial charge in [0.05, 0.1) is 18.7 Å². The first kappa shape index (κ1) is 21.8. The number of ether oxygens (including phenoxy) is 1. The Hall–Kier alpha value is -2.29. The Morgan fingerprint density at radius 2 is 1.88 bits per heavy atom. The lowest BCUT2D eigenvalue weighted by molar-refractivity contribution is -0.137. The van der Waals surface area contributed by atoms with E-state index in [9.17, 15) is 18.0 Å². The number of nitrogens with zero attached hydrogens (tertiary/aromatic N) is 1. The molecule has 26 heavy (non-hydrogen) atoms. The summed E-state index contributed by atoms with van der Waals surface area (Å²) in [5.41, 5.74) is -0.620. The Balaban J connectivity index is 2.50. The second-order valence-electron chi connectivity index (χ2n) is 5.59. The normalized spacial score (nSPS) is 13.2. The second kappa shape index (κ2) is 10.6. The van der Waals surface area contributed by atoms with Gasteiger partial charge in [-0.05, 0) is 38.1 Å². The van der Waals surface area contributed by atoms with Crippen molar-refractivity contribution in [3.63, 3.8) is 0 Å². The summed E-state index contributed by atoms with van der Waals surface area (Å²) >= 11 is 0. The van der Waals surface area contributed by atoms with Crippen LogP contribution in [0.25, 0.3) is 0 Å². The van der Waals surface area contributed by atoms with Crippen molar-refractivity contribution in [3.05, 3.63) is 35.4 Å². The standard InChI is InChI=1S/C17H25F3N4O2/c1-4-21-16(24-12(2)11-26-3)23-10-9-22-15(25)13-5-7-14(8-6-13)17(18,19)20/h5-8,12H,4,9-11H2,1-3H3,(H,22,25)(H2,21,23,24). The quantitative estimate of drug-likeness (QED) is 0.370. The lowest BCUT2D eigenvalue weighted by atomic mass is 10.1. The minimum Gasteiger partial charge on any atom is -0.383 e. The maximum atomic E-state index is 12.5. The zero-order valence-corrected chi connectivity index (χ0v) is 15.1. The van der Waals surface area contributed by atoms with Gasteiger partial charge in [-0.2, -0.15) is 13.2 Å². The van der Waals surface area contributed by atoms with Crippen LogP contribution < -0.4 is 16.0 Å². The molecular formula is C17H25F3N4O2. The summed E-state index contributed by atoms with van der Waals surface area (Å²) in [4.78, 5) is 16.3. The van der Waals surface area contributed by atoms with E-state index in [4.69, 9.17) is 4.74 Å². The van der Waals surface area contributed by atoms with Crippen LogP contribution in [0.4, 0.5) is 13.2 Å². The third kappa shape index (κ3) is 7.73. The molecule has 9 heteroatoms. The Morgan fingerprint density at radius 1 is 1.23 bits per heavy atom. The number of benzene rings is 1. The molecule has 1 aromatic rings. The highest BCUT2D eigenvalue weighted by molar-refractivity contribution is 5.94. The second-order valence-corrected chi connectivity index (χ2v) is 5.59. The summed E-state index contributed by atoms with van der Waals surface area (Å²) in [7, 11) is 1.61. The van der Waals surface area contributed by atoms with E-state index in [1.54, 1.807) is 7.11 Å². The van der Waals surface area contributed by atoms with Crippen LogP contribution in [0.15, 0.2) is 29.3 Å². The van der Waals surface area contributed by atoms with E-state index in [0.717, 1.165) is 24.3 Å². The molecule has 0 radical (unpaired) electrons. The van der Waals surface area contributed by atoms with Gasteiger partial charge in [-0.3, -0.25) is 9.79 Å². The van der Waals surface area contributed by atoms with Crippen molar-refractivity contribution < 1.29 is 22.7 Å². The molecule has 0 aromatic heterocycles. The zero-order valence-electron chi connectivity index (χ0n) is 15.1. The van der Waals surface area contributed by atoms with Crippen LogP contribution in [0, 0.1) is 0 Å². The molecule has 0 bridgehead atoms. The number of guanidine groups is 1. The maximum absolute atomic E-state index is 12.5. The number of methoxy groups -OCH3 is 1. The third-order valence-electron chi connectivity index (χ3n) is 3.29. The fourth-order valence-corrected chi connectivity index (χ4v) is 2.09. The van der Waals surface area contributed by atoms with E-state index in [1.807, 2.05) is 13.8 Å². The van der Waals surface area contributed by atoms with Crippen LogP contribution in [0.1, 0.15) is 29.8 Å². The fraction of sp³-hybridized carbons (Fsp3) is 0.529. The van der Waals surface area contributed by atoms with Gasteiger partial charge in [-0.15, -0.1) is 0 Å². The SMILES string of the molecule is CCNC(=NCCNC(=O)c1ccc(C(F)(F)F)cc1)NC(C)COC. The van der Waals surface area contributed by atoms with Crippen molar-refractivity contribution in [1.82, 2.24) is 16.0 Å². The van der Waals surface area contributed by atoms with Gasteiger partial charge >= 0.3 is 6.18 Å². The molecule has 146 valence electrons. The molecule has 3 N–H and O–H groups in total. The van der Waals surface area contributed by atoms with Crippen molar-refractivity contribution in [1.29, 1.82) is 0 Å².